The average molecular weight is 231 g/mol. The molecule has 1 aromatic carbocycles. The predicted octanol–water partition coefficient (Wildman–Crippen LogP) is 1.48. The van der Waals surface area contributed by atoms with Gasteiger partial charge in [-0.05, 0) is 30.7 Å². The van der Waals surface area contributed by atoms with Crippen molar-refractivity contribution < 1.29 is 4.42 Å². The molecule has 0 aliphatic carbocycles. The lowest BCUT2D eigenvalue weighted by atomic mass is 10.0. The molecule has 17 heavy (non-hydrogen) atoms. The van der Waals surface area contributed by atoms with Crippen molar-refractivity contribution in [2.75, 3.05) is 26.7 Å². The van der Waals surface area contributed by atoms with Gasteiger partial charge in [0, 0.05) is 26.2 Å². The topological polar surface area (TPSA) is 41.3 Å². The molecule has 90 valence electrons. The average Bonchev–Trinajstić information content (AvgIpc) is 2.71. The minimum atomic E-state index is 0.814. The van der Waals surface area contributed by atoms with Gasteiger partial charge in [0.1, 0.15) is 5.52 Å². The Morgan fingerprint density at radius 2 is 2.35 bits per heavy atom. The summed E-state index contributed by atoms with van der Waals surface area (Å²) in [5, 5.41) is 3.30. The summed E-state index contributed by atoms with van der Waals surface area (Å²) in [6, 6.07) is 6.23. The first-order valence-electron chi connectivity index (χ1n) is 6.02. The predicted molar refractivity (Wildman–Crippen MR) is 66.7 cm³/mol. The fourth-order valence-electron chi connectivity index (χ4n) is 2.29. The van der Waals surface area contributed by atoms with Crippen LogP contribution in [-0.2, 0) is 6.54 Å². The van der Waals surface area contributed by atoms with Crippen LogP contribution >= 0.6 is 0 Å². The van der Waals surface area contributed by atoms with Gasteiger partial charge in [-0.15, -0.1) is 0 Å². The zero-order chi connectivity index (χ0) is 11.7. The van der Waals surface area contributed by atoms with Gasteiger partial charge in [0.25, 0.3) is 0 Å². The van der Waals surface area contributed by atoms with Crippen molar-refractivity contribution in [1.29, 1.82) is 0 Å². The second kappa shape index (κ2) is 4.47. The van der Waals surface area contributed by atoms with Crippen molar-refractivity contribution in [3.05, 3.63) is 30.2 Å². The minimum absolute atomic E-state index is 0.814. The van der Waals surface area contributed by atoms with Gasteiger partial charge in [-0.1, -0.05) is 6.07 Å². The zero-order valence-corrected chi connectivity index (χ0v) is 10.0. The lowest BCUT2D eigenvalue weighted by Gasteiger charge is -2.31. The van der Waals surface area contributed by atoms with Gasteiger partial charge in [-0.3, -0.25) is 0 Å². The monoisotopic (exact) mass is 231 g/mol. The lowest BCUT2D eigenvalue weighted by Crippen LogP contribution is -2.47. The molecule has 0 atom stereocenters. The summed E-state index contributed by atoms with van der Waals surface area (Å²) < 4.78 is 5.31. The van der Waals surface area contributed by atoms with E-state index >= 15 is 0 Å². The molecule has 0 bridgehead atoms. The Hall–Kier alpha value is -1.39. The van der Waals surface area contributed by atoms with Crippen molar-refractivity contribution in [1.82, 2.24) is 15.2 Å². The zero-order valence-electron chi connectivity index (χ0n) is 10.0. The highest BCUT2D eigenvalue weighted by atomic mass is 16.3. The number of aromatic nitrogens is 1. The van der Waals surface area contributed by atoms with Crippen LogP contribution in [0.25, 0.3) is 11.1 Å². The molecule has 3 rings (SSSR count). The molecule has 1 aromatic heterocycles. The van der Waals surface area contributed by atoms with E-state index in [9.17, 15) is 0 Å². The van der Waals surface area contributed by atoms with Gasteiger partial charge in [0.15, 0.2) is 12.0 Å². The van der Waals surface area contributed by atoms with Gasteiger partial charge in [-0.2, -0.15) is 0 Å². The van der Waals surface area contributed by atoms with Crippen LogP contribution in [0.1, 0.15) is 5.56 Å². The Kier molecular flexibility index (Phi) is 2.82. The maximum absolute atomic E-state index is 5.31. The van der Waals surface area contributed by atoms with Crippen molar-refractivity contribution in [3.63, 3.8) is 0 Å². The van der Waals surface area contributed by atoms with Crippen LogP contribution in [0.4, 0.5) is 0 Å². The van der Waals surface area contributed by atoms with E-state index in [1.165, 1.54) is 12.0 Å². The standard InChI is InChI=1S/C13H17N3O/c1-16(8-11-5-14-6-11)7-10-2-3-12-13(4-10)17-9-15-12/h2-4,9,11,14H,5-8H2,1H3. The fraction of sp³-hybridized carbons (Fsp3) is 0.462. The van der Waals surface area contributed by atoms with E-state index in [-0.39, 0.29) is 0 Å². The second-order valence-corrected chi connectivity index (χ2v) is 4.88. The summed E-state index contributed by atoms with van der Waals surface area (Å²) in [4.78, 5) is 6.49. The molecule has 0 unspecified atom stereocenters. The largest absolute Gasteiger partial charge is 0.443 e. The number of oxazole rings is 1. The van der Waals surface area contributed by atoms with Crippen molar-refractivity contribution in [3.8, 4) is 0 Å². The maximum atomic E-state index is 5.31. The Balaban J connectivity index is 1.66. The Bertz CT molecular complexity index is 504. The summed E-state index contributed by atoms with van der Waals surface area (Å²) in [5.74, 6) is 0.814. The number of benzene rings is 1. The third-order valence-electron chi connectivity index (χ3n) is 3.28. The summed E-state index contributed by atoms with van der Waals surface area (Å²) in [6.45, 7) is 4.44. The summed E-state index contributed by atoms with van der Waals surface area (Å²) in [7, 11) is 2.17. The third-order valence-corrected chi connectivity index (χ3v) is 3.28. The first-order valence-corrected chi connectivity index (χ1v) is 6.02. The highest BCUT2D eigenvalue weighted by Crippen LogP contribution is 2.16. The van der Waals surface area contributed by atoms with Gasteiger partial charge < -0.3 is 14.6 Å². The minimum Gasteiger partial charge on any atom is -0.443 e. The first-order chi connectivity index (χ1) is 8.31. The lowest BCUT2D eigenvalue weighted by molar-refractivity contribution is 0.218. The van der Waals surface area contributed by atoms with E-state index in [1.807, 2.05) is 6.07 Å². The molecular formula is C13H17N3O. The number of fused-ring (bicyclic) bond motifs is 1. The molecule has 1 fully saturated rings. The summed E-state index contributed by atoms with van der Waals surface area (Å²) in [5.41, 5.74) is 3.09. The quantitative estimate of drug-likeness (QED) is 0.865. The van der Waals surface area contributed by atoms with Gasteiger partial charge >= 0.3 is 0 Å². The molecule has 0 saturated carbocycles. The van der Waals surface area contributed by atoms with Crippen molar-refractivity contribution >= 4 is 11.1 Å². The number of hydrogen-bond donors (Lipinski definition) is 1. The molecule has 1 saturated heterocycles. The van der Waals surface area contributed by atoms with Crippen molar-refractivity contribution in [2.24, 2.45) is 5.92 Å². The van der Waals surface area contributed by atoms with Crippen LogP contribution in [-0.4, -0.2) is 36.6 Å². The van der Waals surface area contributed by atoms with Crippen LogP contribution in [0.2, 0.25) is 0 Å². The number of rotatable bonds is 4. The molecule has 4 nitrogen and oxygen atoms in total. The molecule has 1 aliphatic heterocycles. The van der Waals surface area contributed by atoms with E-state index in [0.717, 1.165) is 43.2 Å². The Morgan fingerprint density at radius 3 is 3.12 bits per heavy atom. The SMILES string of the molecule is CN(Cc1ccc2ncoc2c1)CC1CNC1. The smallest absolute Gasteiger partial charge is 0.181 e. The van der Waals surface area contributed by atoms with E-state index in [0.29, 0.717) is 0 Å². The van der Waals surface area contributed by atoms with Crippen LogP contribution in [0, 0.1) is 5.92 Å². The van der Waals surface area contributed by atoms with E-state index < -0.39 is 0 Å². The number of nitrogens with zero attached hydrogens (tertiary/aromatic N) is 2. The van der Waals surface area contributed by atoms with Crippen LogP contribution in [0.5, 0.6) is 0 Å². The Labute approximate surface area is 101 Å². The van der Waals surface area contributed by atoms with Crippen molar-refractivity contribution in [2.45, 2.75) is 6.54 Å². The molecule has 1 N–H and O–H groups in total. The van der Waals surface area contributed by atoms with E-state index in [2.05, 4.69) is 34.4 Å². The number of nitrogens with one attached hydrogen (secondary N) is 1. The summed E-state index contributed by atoms with van der Waals surface area (Å²) in [6.07, 6.45) is 1.50. The van der Waals surface area contributed by atoms with Gasteiger partial charge in [0.2, 0.25) is 0 Å². The third kappa shape index (κ3) is 2.33. The maximum Gasteiger partial charge on any atom is 0.181 e. The highest BCUT2D eigenvalue weighted by molar-refractivity contribution is 5.72. The van der Waals surface area contributed by atoms with Gasteiger partial charge in [0.05, 0.1) is 0 Å². The van der Waals surface area contributed by atoms with Gasteiger partial charge in [-0.25, -0.2) is 4.98 Å². The van der Waals surface area contributed by atoms with E-state index in [1.54, 1.807) is 0 Å². The van der Waals surface area contributed by atoms with Crippen LogP contribution < -0.4 is 5.32 Å². The molecule has 2 aromatic rings. The Morgan fingerprint density at radius 1 is 1.47 bits per heavy atom. The molecule has 0 spiro atoms. The highest BCUT2D eigenvalue weighted by Gasteiger charge is 2.18. The van der Waals surface area contributed by atoms with Crippen LogP contribution in [0.15, 0.2) is 29.0 Å². The first kappa shape index (κ1) is 10.7. The second-order valence-electron chi connectivity index (χ2n) is 4.88. The molecule has 0 amide bonds. The fourth-order valence-corrected chi connectivity index (χ4v) is 2.29. The molecule has 2 heterocycles. The molecule has 4 heteroatoms. The summed E-state index contributed by atoms with van der Waals surface area (Å²) >= 11 is 0. The molecule has 0 radical (unpaired) electrons. The molecular weight excluding hydrogens is 214 g/mol. The van der Waals surface area contributed by atoms with Crippen LogP contribution in [0.3, 0.4) is 0 Å². The normalized spacial score (nSPS) is 16.6. The van der Waals surface area contributed by atoms with E-state index in [4.69, 9.17) is 4.42 Å². The number of hydrogen-bond acceptors (Lipinski definition) is 4. The molecule has 1 aliphatic rings.